The largest absolute Gasteiger partial charge is 0.450 e. The van der Waals surface area contributed by atoms with Gasteiger partial charge in [-0.05, 0) is 42.8 Å². The van der Waals surface area contributed by atoms with Crippen LogP contribution < -0.4 is 10.3 Å². The second-order valence-corrected chi connectivity index (χ2v) is 7.99. The number of nitrogens with zero attached hydrogens (tertiary/aromatic N) is 2. The van der Waals surface area contributed by atoms with Crippen LogP contribution in [0, 0.1) is 12.7 Å². The molecule has 0 saturated carbocycles. The molecule has 8 heteroatoms. The summed E-state index contributed by atoms with van der Waals surface area (Å²) in [5, 5.41) is 2.93. The van der Waals surface area contributed by atoms with Gasteiger partial charge >= 0.3 is 0 Å². The highest BCUT2D eigenvalue weighted by atomic mass is 35.5. The molecular weight excluding hydrogens is 415 g/mol. The lowest BCUT2D eigenvalue weighted by molar-refractivity contribution is 0.0971. The number of anilines is 1. The minimum absolute atomic E-state index is 0.0352. The Balaban J connectivity index is 1.83. The predicted octanol–water partition coefficient (Wildman–Crippen LogP) is 5.10. The topological polar surface area (TPSA) is 63.4 Å². The van der Waals surface area contributed by atoms with E-state index in [1.54, 1.807) is 24.3 Å². The Morgan fingerprint density at radius 2 is 1.93 bits per heavy atom. The number of carbonyl (C=O) groups excluding carboxylic acids is 1. The van der Waals surface area contributed by atoms with Gasteiger partial charge in [-0.15, -0.1) is 11.3 Å². The average molecular weight is 427 g/mol. The highest BCUT2D eigenvalue weighted by molar-refractivity contribution is 7.14. The lowest BCUT2D eigenvalue weighted by Crippen LogP contribution is -2.29. The van der Waals surface area contributed by atoms with Crippen LogP contribution in [-0.4, -0.2) is 10.9 Å². The minimum atomic E-state index is -0.775. The molecule has 5 nitrogen and oxygen atoms in total. The molecule has 1 aliphatic heterocycles. The molecule has 0 aliphatic carbocycles. The number of aromatic nitrogens is 1. The van der Waals surface area contributed by atoms with E-state index >= 15 is 0 Å². The Kier molecular flexibility index (Phi) is 4.04. The van der Waals surface area contributed by atoms with Crippen LogP contribution in [0.3, 0.4) is 0 Å². The summed E-state index contributed by atoms with van der Waals surface area (Å²) >= 11 is 7.35. The molecule has 1 amide bonds. The molecule has 0 unspecified atom stereocenters. The van der Waals surface area contributed by atoms with Crippen LogP contribution in [0.4, 0.5) is 9.52 Å². The van der Waals surface area contributed by atoms with Gasteiger partial charge in [0.1, 0.15) is 11.4 Å². The van der Waals surface area contributed by atoms with E-state index in [0.29, 0.717) is 15.7 Å². The van der Waals surface area contributed by atoms with E-state index in [4.69, 9.17) is 16.0 Å². The van der Waals surface area contributed by atoms with Gasteiger partial charge in [0.05, 0.1) is 22.7 Å². The van der Waals surface area contributed by atoms with E-state index < -0.39 is 17.8 Å². The van der Waals surface area contributed by atoms with E-state index in [9.17, 15) is 14.0 Å². The fourth-order valence-corrected chi connectivity index (χ4v) is 4.55. The Labute approximate surface area is 173 Å². The Bertz CT molecular complexity index is 1350. The molecule has 0 bridgehead atoms. The van der Waals surface area contributed by atoms with Crippen molar-refractivity contribution in [1.29, 1.82) is 0 Å². The molecule has 29 heavy (non-hydrogen) atoms. The molecule has 3 heterocycles. The van der Waals surface area contributed by atoms with Gasteiger partial charge in [-0.3, -0.25) is 14.5 Å². The van der Waals surface area contributed by atoms with Gasteiger partial charge in [0.15, 0.2) is 10.6 Å². The van der Waals surface area contributed by atoms with Crippen molar-refractivity contribution in [1.82, 2.24) is 4.98 Å². The molecule has 0 spiro atoms. The van der Waals surface area contributed by atoms with E-state index in [1.165, 1.54) is 34.4 Å². The number of hydrogen-bond donors (Lipinski definition) is 0. The van der Waals surface area contributed by atoms with Crippen molar-refractivity contribution in [2.75, 3.05) is 4.90 Å². The Morgan fingerprint density at radius 1 is 1.17 bits per heavy atom. The van der Waals surface area contributed by atoms with Gasteiger partial charge < -0.3 is 4.42 Å². The Hall–Kier alpha value is -3.03. The van der Waals surface area contributed by atoms with Crippen molar-refractivity contribution in [3.63, 3.8) is 0 Å². The third-order valence-corrected chi connectivity index (χ3v) is 6.02. The van der Waals surface area contributed by atoms with Gasteiger partial charge in [0, 0.05) is 10.4 Å². The summed E-state index contributed by atoms with van der Waals surface area (Å²) in [7, 11) is 0. The summed E-state index contributed by atoms with van der Waals surface area (Å²) in [5.41, 5.74) is 1.47. The normalized spacial score (nSPS) is 15.9. The molecule has 0 radical (unpaired) electrons. The lowest BCUT2D eigenvalue weighted by atomic mass is 9.99. The van der Waals surface area contributed by atoms with Crippen LogP contribution in [0.2, 0.25) is 5.02 Å². The molecular formula is C21H12ClFN2O3S. The van der Waals surface area contributed by atoms with Gasteiger partial charge in [-0.2, -0.15) is 0 Å². The second kappa shape index (κ2) is 6.50. The quantitative estimate of drug-likeness (QED) is 0.447. The first-order valence-electron chi connectivity index (χ1n) is 8.71. The van der Waals surface area contributed by atoms with Crippen molar-refractivity contribution >= 4 is 44.9 Å². The molecule has 2 aromatic heterocycles. The van der Waals surface area contributed by atoms with Crippen LogP contribution in [0.15, 0.2) is 57.1 Å². The maximum absolute atomic E-state index is 13.5. The van der Waals surface area contributed by atoms with E-state index in [0.717, 1.165) is 5.69 Å². The maximum Gasteiger partial charge on any atom is 0.297 e. The third kappa shape index (κ3) is 2.77. The molecule has 5 rings (SSSR count). The lowest BCUT2D eigenvalue weighted by Gasteiger charge is -2.22. The smallest absolute Gasteiger partial charge is 0.297 e. The van der Waals surface area contributed by atoms with Crippen molar-refractivity contribution < 1.29 is 13.6 Å². The summed E-state index contributed by atoms with van der Waals surface area (Å²) in [6, 6.07) is 9.60. The Morgan fingerprint density at radius 3 is 2.62 bits per heavy atom. The number of fused-ring (bicyclic) bond motifs is 2. The monoisotopic (exact) mass is 426 g/mol. The molecule has 4 aromatic rings. The maximum atomic E-state index is 13.5. The second-order valence-electron chi connectivity index (χ2n) is 6.72. The highest BCUT2D eigenvalue weighted by Gasteiger charge is 2.44. The molecule has 0 saturated heterocycles. The molecule has 2 aromatic carbocycles. The fraction of sp³-hybridized carbons (Fsp3) is 0.0952. The summed E-state index contributed by atoms with van der Waals surface area (Å²) < 4.78 is 19.4. The third-order valence-electron chi connectivity index (χ3n) is 4.83. The number of amides is 1. The molecule has 0 N–H and O–H groups in total. The summed E-state index contributed by atoms with van der Waals surface area (Å²) in [6.07, 6.45) is 0. The number of aryl methyl sites for hydroxylation is 1. The van der Waals surface area contributed by atoms with Crippen molar-refractivity contribution in [3.8, 4) is 0 Å². The summed E-state index contributed by atoms with van der Waals surface area (Å²) in [4.78, 5) is 32.5. The first-order valence-corrected chi connectivity index (χ1v) is 9.97. The number of thiazole rings is 1. The standard InChI is InChI=1S/C21H12ClFN2O3S/c1-10-9-29-21(24-10)25-17(11-2-5-13(23)6-3-11)16-18(26)14-8-12(22)4-7-15(14)28-19(16)20(25)27/h2-9,17H,1H3/t17-/m0/s1. The predicted molar refractivity (Wildman–Crippen MR) is 109 cm³/mol. The first-order chi connectivity index (χ1) is 13.9. The summed E-state index contributed by atoms with van der Waals surface area (Å²) in [5.74, 6) is -0.906. The average Bonchev–Trinajstić information content (AvgIpc) is 3.25. The van der Waals surface area contributed by atoms with Crippen molar-refractivity contribution in [2.24, 2.45) is 0 Å². The van der Waals surface area contributed by atoms with Gasteiger partial charge in [0.25, 0.3) is 5.91 Å². The minimum Gasteiger partial charge on any atom is -0.450 e. The van der Waals surface area contributed by atoms with Crippen LogP contribution in [-0.2, 0) is 0 Å². The van der Waals surface area contributed by atoms with Crippen molar-refractivity contribution in [3.05, 3.63) is 91.5 Å². The molecule has 1 aliphatic rings. The van der Waals surface area contributed by atoms with E-state index in [1.807, 2.05) is 12.3 Å². The number of benzene rings is 2. The number of hydrogen-bond acceptors (Lipinski definition) is 5. The first kappa shape index (κ1) is 18.0. The molecule has 144 valence electrons. The van der Waals surface area contributed by atoms with Crippen LogP contribution in [0.1, 0.15) is 33.4 Å². The fourth-order valence-electron chi connectivity index (χ4n) is 3.56. The van der Waals surface area contributed by atoms with E-state index in [-0.39, 0.29) is 27.7 Å². The zero-order chi connectivity index (χ0) is 20.3. The molecule has 0 fully saturated rings. The number of halogens is 2. The zero-order valence-electron chi connectivity index (χ0n) is 15.0. The highest BCUT2D eigenvalue weighted by Crippen LogP contribution is 2.42. The number of rotatable bonds is 2. The van der Waals surface area contributed by atoms with Gasteiger partial charge in [-0.1, -0.05) is 23.7 Å². The van der Waals surface area contributed by atoms with Crippen molar-refractivity contribution in [2.45, 2.75) is 13.0 Å². The zero-order valence-corrected chi connectivity index (χ0v) is 16.6. The molecule has 1 atom stereocenters. The summed E-state index contributed by atoms with van der Waals surface area (Å²) in [6.45, 7) is 1.82. The SMILES string of the molecule is Cc1csc(N2C(=O)c3oc4ccc(Cl)cc4c(=O)c3[C@@H]2c2ccc(F)cc2)n1. The van der Waals surface area contributed by atoms with Crippen LogP contribution in [0.5, 0.6) is 0 Å². The van der Waals surface area contributed by atoms with Crippen LogP contribution >= 0.6 is 22.9 Å². The van der Waals surface area contributed by atoms with E-state index in [2.05, 4.69) is 4.98 Å². The van der Waals surface area contributed by atoms with Gasteiger partial charge in [-0.25, -0.2) is 9.37 Å². The van der Waals surface area contributed by atoms with Gasteiger partial charge in [0.2, 0.25) is 5.76 Å². The van der Waals surface area contributed by atoms with Crippen LogP contribution in [0.25, 0.3) is 11.0 Å². The number of carbonyl (C=O) groups is 1.